The molecule has 0 unspecified atom stereocenters. The van der Waals surface area contributed by atoms with Gasteiger partial charge in [-0.1, -0.05) is 11.6 Å². The highest BCUT2D eigenvalue weighted by Crippen LogP contribution is 2.34. The zero-order valence-electron chi connectivity index (χ0n) is 9.56. The highest BCUT2D eigenvalue weighted by Gasteiger charge is 2.22. The predicted octanol–water partition coefficient (Wildman–Crippen LogP) is 3.24. The summed E-state index contributed by atoms with van der Waals surface area (Å²) in [5.41, 5.74) is 2.40. The van der Waals surface area contributed by atoms with Crippen LogP contribution in [0, 0.1) is 0 Å². The molecule has 0 aliphatic carbocycles. The SMILES string of the molecule is Clc1ccc2oc3c(N4CCC4)ncnc3c2c1. The lowest BCUT2D eigenvalue weighted by molar-refractivity contribution is 0.597. The number of benzene rings is 1. The molecule has 1 aliphatic heterocycles. The molecular formula is C13H10ClN3O. The predicted molar refractivity (Wildman–Crippen MR) is 71.2 cm³/mol. The van der Waals surface area contributed by atoms with Gasteiger partial charge in [-0.2, -0.15) is 0 Å². The van der Waals surface area contributed by atoms with Crippen LogP contribution in [0.2, 0.25) is 5.02 Å². The van der Waals surface area contributed by atoms with Gasteiger partial charge in [0, 0.05) is 23.5 Å². The molecule has 0 spiro atoms. The number of hydrogen-bond acceptors (Lipinski definition) is 4. The Labute approximate surface area is 108 Å². The largest absolute Gasteiger partial charge is 0.450 e. The molecular weight excluding hydrogens is 250 g/mol. The molecule has 4 nitrogen and oxygen atoms in total. The first-order valence-corrected chi connectivity index (χ1v) is 6.28. The van der Waals surface area contributed by atoms with Crippen molar-refractivity contribution in [3.63, 3.8) is 0 Å². The molecule has 1 aliphatic rings. The van der Waals surface area contributed by atoms with E-state index in [2.05, 4.69) is 14.9 Å². The van der Waals surface area contributed by atoms with Gasteiger partial charge in [-0.15, -0.1) is 0 Å². The van der Waals surface area contributed by atoms with E-state index in [4.69, 9.17) is 16.0 Å². The first kappa shape index (κ1) is 10.1. The fraction of sp³-hybridized carbons (Fsp3) is 0.231. The maximum absolute atomic E-state index is 6.02. The van der Waals surface area contributed by atoms with Crippen molar-refractivity contribution in [3.05, 3.63) is 29.5 Å². The van der Waals surface area contributed by atoms with E-state index in [-0.39, 0.29) is 0 Å². The van der Waals surface area contributed by atoms with Gasteiger partial charge in [-0.05, 0) is 24.6 Å². The number of aromatic nitrogens is 2. The minimum Gasteiger partial charge on any atom is -0.450 e. The molecule has 0 radical (unpaired) electrons. The molecule has 5 heteroatoms. The van der Waals surface area contributed by atoms with Gasteiger partial charge in [0.2, 0.25) is 0 Å². The Balaban J connectivity index is 2.07. The summed E-state index contributed by atoms with van der Waals surface area (Å²) < 4.78 is 5.87. The van der Waals surface area contributed by atoms with Crippen molar-refractivity contribution in [2.24, 2.45) is 0 Å². The van der Waals surface area contributed by atoms with E-state index in [1.165, 1.54) is 6.42 Å². The normalized spacial score (nSPS) is 15.3. The fourth-order valence-corrected chi connectivity index (χ4v) is 2.46. The van der Waals surface area contributed by atoms with E-state index in [1.54, 1.807) is 6.33 Å². The van der Waals surface area contributed by atoms with Gasteiger partial charge in [0.05, 0.1) is 0 Å². The van der Waals surface area contributed by atoms with E-state index >= 15 is 0 Å². The number of nitrogens with zero attached hydrogens (tertiary/aromatic N) is 3. The Morgan fingerprint density at radius 2 is 2.11 bits per heavy atom. The minimum atomic E-state index is 0.689. The first-order valence-electron chi connectivity index (χ1n) is 5.90. The molecule has 0 N–H and O–H groups in total. The van der Waals surface area contributed by atoms with Gasteiger partial charge in [0.1, 0.15) is 17.4 Å². The van der Waals surface area contributed by atoms with Crippen LogP contribution < -0.4 is 4.90 Å². The quantitative estimate of drug-likeness (QED) is 0.673. The van der Waals surface area contributed by atoms with Gasteiger partial charge in [-0.25, -0.2) is 9.97 Å². The molecule has 1 saturated heterocycles. The third-order valence-corrected chi connectivity index (χ3v) is 3.58. The van der Waals surface area contributed by atoms with Crippen molar-refractivity contribution < 1.29 is 4.42 Å². The third-order valence-electron chi connectivity index (χ3n) is 3.35. The molecule has 2 aromatic heterocycles. The van der Waals surface area contributed by atoms with Crippen LogP contribution in [0.1, 0.15) is 6.42 Å². The van der Waals surface area contributed by atoms with E-state index < -0.39 is 0 Å². The number of halogens is 1. The highest BCUT2D eigenvalue weighted by atomic mass is 35.5. The average molecular weight is 260 g/mol. The maximum Gasteiger partial charge on any atom is 0.196 e. The smallest absolute Gasteiger partial charge is 0.196 e. The Morgan fingerprint density at radius 3 is 2.89 bits per heavy atom. The van der Waals surface area contributed by atoms with Gasteiger partial charge in [-0.3, -0.25) is 0 Å². The monoisotopic (exact) mass is 259 g/mol. The minimum absolute atomic E-state index is 0.689. The molecule has 3 aromatic rings. The van der Waals surface area contributed by atoms with Crippen molar-refractivity contribution in [3.8, 4) is 0 Å². The number of furan rings is 1. The lowest BCUT2D eigenvalue weighted by Crippen LogP contribution is -2.37. The second-order valence-electron chi connectivity index (χ2n) is 4.46. The maximum atomic E-state index is 6.02. The standard InChI is InChI=1S/C13H10ClN3O/c14-8-2-3-10-9(6-8)11-12(18-10)13(16-7-15-11)17-4-1-5-17/h2-3,6-7H,1,4-5H2. The third kappa shape index (κ3) is 1.32. The Morgan fingerprint density at radius 1 is 1.22 bits per heavy atom. The van der Waals surface area contributed by atoms with E-state index in [0.717, 1.165) is 41.0 Å². The second-order valence-corrected chi connectivity index (χ2v) is 4.89. The van der Waals surface area contributed by atoms with Gasteiger partial charge >= 0.3 is 0 Å². The van der Waals surface area contributed by atoms with Crippen LogP contribution in [0.4, 0.5) is 5.82 Å². The van der Waals surface area contributed by atoms with E-state index in [9.17, 15) is 0 Å². The average Bonchev–Trinajstić information content (AvgIpc) is 2.66. The van der Waals surface area contributed by atoms with Crippen molar-refractivity contribution in [2.75, 3.05) is 18.0 Å². The van der Waals surface area contributed by atoms with Gasteiger partial charge < -0.3 is 9.32 Å². The molecule has 0 bridgehead atoms. The Bertz CT molecular complexity index is 748. The molecule has 1 aromatic carbocycles. The summed E-state index contributed by atoms with van der Waals surface area (Å²) in [7, 11) is 0. The van der Waals surface area contributed by atoms with Gasteiger partial charge in [0.25, 0.3) is 0 Å². The van der Waals surface area contributed by atoms with E-state index in [1.807, 2.05) is 18.2 Å². The van der Waals surface area contributed by atoms with Crippen LogP contribution in [0.5, 0.6) is 0 Å². The molecule has 1 fully saturated rings. The topological polar surface area (TPSA) is 42.2 Å². The lowest BCUT2D eigenvalue weighted by atomic mass is 10.2. The summed E-state index contributed by atoms with van der Waals surface area (Å²) in [4.78, 5) is 10.9. The molecule has 0 atom stereocenters. The van der Waals surface area contributed by atoms with Crippen LogP contribution in [0.15, 0.2) is 28.9 Å². The lowest BCUT2D eigenvalue weighted by Gasteiger charge is -2.31. The van der Waals surface area contributed by atoms with Crippen LogP contribution >= 0.6 is 11.6 Å². The van der Waals surface area contributed by atoms with Crippen LogP contribution in [-0.2, 0) is 0 Å². The zero-order valence-corrected chi connectivity index (χ0v) is 10.3. The molecule has 18 heavy (non-hydrogen) atoms. The van der Waals surface area contributed by atoms with Crippen LogP contribution in [-0.4, -0.2) is 23.1 Å². The van der Waals surface area contributed by atoms with Crippen molar-refractivity contribution in [1.29, 1.82) is 0 Å². The highest BCUT2D eigenvalue weighted by molar-refractivity contribution is 6.31. The Kier molecular flexibility index (Phi) is 2.02. The number of rotatable bonds is 1. The summed E-state index contributed by atoms with van der Waals surface area (Å²) in [5, 5.41) is 1.64. The van der Waals surface area contributed by atoms with Crippen molar-refractivity contribution in [2.45, 2.75) is 6.42 Å². The first-order chi connectivity index (χ1) is 8.83. The number of anilines is 1. The summed E-state index contributed by atoms with van der Waals surface area (Å²) in [6, 6.07) is 5.58. The number of hydrogen-bond donors (Lipinski definition) is 0. The zero-order chi connectivity index (χ0) is 12.1. The molecule has 3 heterocycles. The van der Waals surface area contributed by atoms with Crippen LogP contribution in [0.3, 0.4) is 0 Å². The molecule has 90 valence electrons. The molecule has 4 rings (SSSR count). The van der Waals surface area contributed by atoms with Crippen molar-refractivity contribution in [1.82, 2.24) is 9.97 Å². The Hall–Kier alpha value is -1.81. The molecule has 0 amide bonds. The second kappa shape index (κ2) is 3.59. The van der Waals surface area contributed by atoms with E-state index in [0.29, 0.717) is 5.02 Å². The fourth-order valence-electron chi connectivity index (χ4n) is 2.29. The molecule has 0 saturated carbocycles. The summed E-state index contributed by atoms with van der Waals surface area (Å²) in [6.45, 7) is 2.06. The summed E-state index contributed by atoms with van der Waals surface area (Å²) in [5.74, 6) is 0.888. The summed E-state index contributed by atoms with van der Waals surface area (Å²) in [6.07, 6.45) is 2.80. The van der Waals surface area contributed by atoms with Crippen LogP contribution in [0.25, 0.3) is 22.1 Å². The summed E-state index contributed by atoms with van der Waals surface area (Å²) >= 11 is 6.02. The van der Waals surface area contributed by atoms with Gasteiger partial charge in [0.15, 0.2) is 11.4 Å². The van der Waals surface area contributed by atoms with Crippen molar-refractivity contribution >= 4 is 39.5 Å². The number of fused-ring (bicyclic) bond motifs is 3.